The molecule has 2 heterocycles. The number of benzene rings is 2. The van der Waals surface area contributed by atoms with E-state index in [1.54, 1.807) is 64.5 Å². The Bertz CT molecular complexity index is 1510. The van der Waals surface area contributed by atoms with E-state index >= 15 is 0 Å². The van der Waals surface area contributed by atoms with Crippen LogP contribution >= 0.6 is 38.9 Å². The number of hydrogen-bond acceptors (Lipinski definition) is 7. The molecule has 10 heteroatoms. The van der Waals surface area contributed by atoms with E-state index in [1.165, 1.54) is 15.9 Å². The lowest BCUT2D eigenvalue weighted by Gasteiger charge is -2.24. The minimum atomic E-state index is -0.693. The van der Waals surface area contributed by atoms with Gasteiger partial charge in [0.1, 0.15) is 0 Å². The third-order valence-corrected chi connectivity index (χ3v) is 7.28. The molecule has 3 aromatic rings. The maximum absolute atomic E-state index is 13.7. The van der Waals surface area contributed by atoms with Crippen molar-refractivity contribution in [3.05, 3.63) is 88.0 Å². The second kappa shape index (κ2) is 10.4. The highest BCUT2D eigenvalue weighted by Crippen LogP contribution is 2.36. The van der Waals surface area contributed by atoms with Gasteiger partial charge in [0.05, 0.1) is 47.1 Å². The van der Waals surface area contributed by atoms with Gasteiger partial charge in [-0.05, 0) is 71.2 Å². The van der Waals surface area contributed by atoms with Gasteiger partial charge >= 0.3 is 5.97 Å². The molecule has 0 amide bonds. The van der Waals surface area contributed by atoms with Gasteiger partial charge in [0.2, 0.25) is 0 Å². The average molecular weight is 578 g/mol. The van der Waals surface area contributed by atoms with Crippen LogP contribution in [0.1, 0.15) is 31.0 Å². The van der Waals surface area contributed by atoms with Gasteiger partial charge in [-0.15, -0.1) is 0 Å². The Morgan fingerprint density at radius 2 is 1.94 bits per heavy atom. The number of rotatable bonds is 6. The summed E-state index contributed by atoms with van der Waals surface area (Å²) in [6.07, 6.45) is 1.76. The molecule has 1 aliphatic rings. The van der Waals surface area contributed by atoms with Gasteiger partial charge in [-0.2, -0.15) is 0 Å². The maximum Gasteiger partial charge on any atom is 0.338 e. The molecule has 0 saturated heterocycles. The molecule has 0 aliphatic carbocycles. The number of fused-ring (bicyclic) bond motifs is 1. The Morgan fingerprint density at radius 1 is 1.23 bits per heavy atom. The Morgan fingerprint density at radius 3 is 2.57 bits per heavy atom. The SMILES string of the molecule is CCOC(=O)C1=C(C)N=c2s/c(=C/c3cc(Br)c(OC)c(OC)c3)c(=O)n2[C@@H]1c1ccc(Cl)cc1. The molecule has 0 saturated carbocycles. The third kappa shape index (κ3) is 4.80. The fourth-order valence-electron chi connectivity index (χ4n) is 3.92. The quantitative estimate of drug-likeness (QED) is 0.410. The van der Waals surface area contributed by atoms with Gasteiger partial charge in [-0.3, -0.25) is 9.36 Å². The van der Waals surface area contributed by atoms with Crippen LogP contribution in [0.25, 0.3) is 6.08 Å². The van der Waals surface area contributed by atoms with Crippen molar-refractivity contribution in [2.24, 2.45) is 4.99 Å². The predicted molar refractivity (Wildman–Crippen MR) is 139 cm³/mol. The summed E-state index contributed by atoms with van der Waals surface area (Å²) >= 11 is 10.8. The summed E-state index contributed by atoms with van der Waals surface area (Å²) in [7, 11) is 3.11. The average Bonchev–Trinajstić information content (AvgIpc) is 3.12. The summed E-state index contributed by atoms with van der Waals surface area (Å²) in [5.41, 5.74) is 2.03. The first-order valence-corrected chi connectivity index (χ1v) is 12.6. The van der Waals surface area contributed by atoms with Crippen molar-refractivity contribution < 1.29 is 19.0 Å². The van der Waals surface area contributed by atoms with Crippen LogP contribution in [0.5, 0.6) is 11.5 Å². The van der Waals surface area contributed by atoms with E-state index in [2.05, 4.69) is 20.9 Å². The normalized spacial score (nSPS) is 15.5. The Labute approximate surface area is 219 Å². The van der Waals surface area contributed by atoms with Gasteiger partial charge in [0.25, 0.3) is 5.56 Å². The van der Waals surface area contributed by atoms with E-state index in [9.17, 15) is 9.59 Å². The van der Waals surface area contributed by atoms with E-state index in [0.717, 1.165) is 11.1 Å². The lowest BCUT2D eigenvalue weighted by Crippen LogP contribution is -2.39. The van der Waals surface area contributed by atoms with Crippen molar-refractivity contribution in [1.29, 1.82) is 0 Å². The second-order valence-corrected chi connectivity index (χ2v) is 9.89. The summed E-state index contributed by atoms with van der Waals surface area (Å²) in [4.78, 5) is 31.7. The van der Waals surface area contributed by atoms with Gasteiger partial charge < -0.3 is 14.2 Å². The Hall–Kier alpha value is -2.88. The van der Waals surface area contributed by atoms with Crippen LogP contribution in [0.2, 0.25) is 5.02 Å². The standard InChI is InChI=1S/C25H22BrClN2O5S/c1-5-34-24(31)20-13(2)28-25-29(21(20)15-6-8-16(27)9-7-15)23(30)19(35-25)12-14-10-17(26)22(33-4)18(11-14)32-3/h6-12,21H,5H2,1-4H3/b19-12+/t21-/m1/s1. The van der Waals surface area contributed by atoms with Crippen LogP contribution in [0, 0.1) is 0 Å². The van der Waals surface area contributed by atoms with Crippen molar-refractivity contribution in [1.82, 2.24) is 4.57 Å². The molecule has 0 N–H and O–H groups in total. The first-order valence-electron chi connectivity index (χ1n) is 10.7. The number of methoxy groups -OCH3 is 2. The summed E-state index contributed by atoms with van der Waals surface area (Å²) in [6.45, 7) is 3.70. The molecule has 1 atom stereocenters. The minimum Gasteiger partial charge on any atom is -0.493 e. The molecule has 2 aromatic carbocycles. The lowest BCUT2D eigenvalue weighted by molar-refractivity contribution is -0.139. The number of esters is 1. The van der Waals surface area contributed by atoms with E-state index in [4.69, 9.17) is 25.8 Å². The number of halogens is 2. The fourth-order valence-corrected chi connectivity index (χ4v) is 5.72. The summed E-state index contributed by atoms with van der Waals surface area (Å²) in [5, 5.41) is 0.554. The lowest BCUT2D eigenvalue weighted by atomic mass is 9.96. The number of aromatic nitrogens is 1. The number of allylic oxidation sites excluding steroid dienone is 1. The second-order valence-electron chi connectivity index (χ2n) is 7.59. The zero-order valence-electron chi connectivity index (χ0n) is 19.4. The number of carbonyl (C=O) groups excluding carboxylic acids is 1. The zero-order valence-corrected chi connectivity index (χ0v) is 22.6. The molecule has 1 aliphatic heterocycles. The topological polar surface area (TPSA) is 79.1 Å². The van der Waals surface area contributed by atoms with E-state index in [0.29, 0.717) is 41.6 Å². The molecule has 4 rings (SSSR count). The highest BCUT2D eigenvalue weighted by molar-refractivity contribution is 9.10. The highest BCUT2D eigenvalue weighted by Gasteiger charge is 2.33. The van der Waals surface area contributed by atoms with Crippen LogP contribution in [0.4, 0.5) is 0 Å². The minimum absolute atomic E-state index is 0.210. The first-order chi connectivity index (χ1) is 16.8. The number of nitrogens with zero attached hydrogens (tertiary/aromatic N) is 2. The Balaban J connectivity index is 1.94. The summed E-state index contributed by atoms with van der Waals surface area (Å²) in [5.74, 6) is 0.579. The highest BCUT2D eigenvalue weighted by atomic mass is 79.9. The number of hydrogen-bond donors (Lipinski definition) is 0. The van der Waals surface area contributed by atoms with Gasteiger partial charge in [0.15, 0.2) is 16.3 Å². The van der Waals surface area contributed by atoms with Crippen LogP contribution in [0.15, 0.2) is 61.9 Å². The van der Waals surface area contributed by atoms with Crippen molar-refractivity contribution >= 4 is 50.9 Å². The molecule has 1 aromatic heterocycles. The molecule has 0 fully saturated rings. The van der Waals surface area contributed by atoms with Crippen LogP contribution in [-0.4, -0.2) is 31.4 Å². The maximum atomic E-state index is 13.7. The largest absolute Gasteiger partial charge is 0.493 e. The van der Waals surface area contributed by atoms with Gasteiger partial charge in [0, 0.05) is 5.02 Å². The van der Waals surface area contributed by atoms with Crippen LogP contribution in [-0.2, 0) is 9.53 Å². The predicted octanol–water partition coefficient (Wildman–Crippen LogP) is 4.23. The number of carbonyl (C=O) groups is 1. The summed E-state index contributed by atoms with van der Waals surface area (Å²) < 4.78 is 18.8. The molecule has 182 valence electrons. The number of ether oxygens (including phenoxy) is 3. The van der Waals surface area contributed by atoms with Crippen molar-refractivity contribution in [3.8, 4) is 11.5 Å². The molecule has 0 radical (unpaired) electrons. The van der Waals surface area contributed by atoms with Crippen molar-refractivity contribution in [3.63, 3.8) is 0 Å². The van der Waals surface area contributed by atoms with Crippen LogP contribution < -0.4 is 24.4 Å². The fraction of sp³-hybridized carbons (Fsp3) is 0.240. The Kier molecular flexibility index (Phi) is 7.49. The molecule has 0 bridgehead atoms. The van der Waals surface area contributed by atoms with E-state index in [-0.39, 0.29) is 12.2 Å². The molecule has 0 spiro atoms. The molecule has 0 unspecified atom stereocenters. The first kappa shape index (κ1) is 25.2. The van der Waals surface area contributed by atoms with E-state index < -0.39 is 12.0 Å². The van der Waals surface area contributed by atoms with Crippen molar-refractivity contribution in [2.75, 3.05) is 20.8 Å². The molecular weight excluding hydrogens is 556 g/mol. The smallest absolute Gasteiger partial charge is 0.338 e. The molecule has 35 heavy (non-hydrogen) atoms. The third-order valence-electron chi connectivity index (χ3n) is 5.46. The van der Waals surface area contributed by atoms with Gasteiger partial charge in [-0.25, -0.2) is 9.79 Å². The van der Waals surface area contributed by atoms with Crippen molar-refractivity contribution in [2.45, 2.75) is 19.9 Å². The monoisotopic (exact) mass is 576 g/mol. The molecule has 7 nitrogen and oxygen atoms in total. The van der Waals surface area contributed by atoms with Gasteiger partial charge in [-0.1, -0.05) is 35.1 Å². The number of thiazole rings is 1. The molecular formula is C25H22BrClN2O5S. The summed E-state index contributed by atoms with van der Waals surface area (Å²) in [6, 6.07) is 9.99. The van der Waals surface area contributed by atoms with E-state index in [1.807, 2.05) is 6.07 Å². The zero-order chi connectivity index (χ0) is 25.3. The van der Waals surface area contributed by atoms with Crippen LogP contribution in [0.3, 0.4) is 0 Å².